The SMILES string of the molecule is COc1ccc(N2CCN(C3=NC(=O)C(CC(=O)Nc4ccccc4)N3)CC2)cc1. The quantitative estimate of drug-likeness (QED) is 0.785. The topological polar surface area (TPSA) is 86.3 Å². The van der Waals surface area contributed by atoms with Crippen molar-refractivity contribution in [3.63, 3.8) is 0 Å². The molecule has 0 bridgehead atoms. The number of hydrogen-bond donors (Lipinski definition) is 2. The molecule has 0 aromatic heterocycles. The Morgan fingerprint density at radius 2 is 1.73 bits per heavy atom. The molecule has 1 fully saturated rings. The second-order valence-corrected chi connectivity index (χ2v) is 7.26. The fourth-order valence-electron chi connectivity index (χ4n) is 3.62. The van der Waals surface area contributed by atoms with Gasteiger partial charge in [0.15, 0.2) is 0 Å². The molecule has 0 spiro atoms. The van der Waals surface area contributed by atoms with Crippen LogP contribution in [-0.2, 0) is 9.59 Å². The molecule has 2 amide bonds. The molecule has 2 aliphatic rings. The Morgan fingerprint density at radius 3 is 2.40 bits per heavy atom. The minimum absolute atomic E-state index is 0.0482. The highest BCUT2D eigenvalue weighted by Crippen LogP contribution is 2.21. The summed E-state index contributed by atoms with van der Waals surface area (Å²) in [7, 11) is 1.66. The maximum atomic E-state index is 12.3. The molecule has 0 radical (unpaired) electrons. The summed E-state index contributed by atoms with van der Waals surface area (Å²) in [6.45, 7) is 3.13. The lowest BCUT2D eigenvalue weighted by Gasteiger charge is -2.37. The summed E-state index contributed by atoms with van der Waals surface area (Å²) in [5.74, 6) is 0.883. The molecule has 1 atom stereocenters. The molecule has 0 aliphatic carbocycles. The van der Waals surface area contributed by atoms with Gasteiger partial charge in [0, 0.05) is 37.6 Å². The lowest BCUT2D eigenvalue weighted by Crippen LogP contribution is -2.52. The number of carbonyl (C=O) groups excluding carboxylic acids is 2. The highest BCUT2D eigenvalue weighted by Gasteiger charge is 2.32. The number of nitrogens with zero attached hydrogens (tertiary/aromatic N) is 3. The Hall–Kier alpha value is -3.55. The Bertz CT molecular complexity index is 922. The van der Waals surface area contributed by atoms with Crippen molar-refractivity contribution in [1.29, 1.82) is 0 Å². The number of ether oxygens (including phenoxy) is 1. The largest absolute Gasteiger partial charge is 0.497 e. The number of benzene rings is 2. The van der Waals surface area contributed by atoms with Crippen molar-refractivity contribution >= 4 is 29.1 Å². The second kappa shape index (κ2) is 8.86. The van der Waals surface area contributed by atoms with Crippen LogP contribution in [0.15, 0.2) is 59.6 Å². The molecular weight excluding hydrogens is 382 g/mol. The normalized spacial score (nSPS) is 18.6. The zero-order valence-electron chi connectivity index (χ0n) is 16.9. The first-order valence-electron chi connectivity index (χ1n) is 10.0. The summed E-state index contributed by atoms with van der Waals surface area (Å²) in [4.78, 5) is 33.0. The van der Waals surface area contributed by atoms with Gasteiger partial charge in [-0.25, -0.2) is 0 Å². The molecule has 2 N–H and O–H groups in total. The van der Waals surface area contributed by atoms with Crippen molar-refractivity contribution in [1.82, 2.24) is 10.2 Å². The molecule has 1 saturated heterocycles. The van der Waals surface area contributed by atoms with Crippen LogP contribution in [0.3, 0.4) is 0 Å². The van der Waals surface area contributed by atoms with Crippen LogP contribution in [0, 0.1) is 0 Å². The summed E-state index contributed by atoms with van der Waals surface area (Å²) in [6, 6.07) is 16.6. The monoisotopic (exact) mass is 407 g/mol. The van der Waals surface area contributed by atoms with E-state index < -0.39 is 6.04 Å². The van der Waals surface area contributed by atoms with Gasteiger partial charge >= 0.3 is 0 Å². The van der Waals surface area contributed by atoms with E-state index in [9.17, 15) is 9.59 Å². The molecule has 4 rings (SSSR count). The minimum Gasteiger partial charge on any atom is -0.497 e. The van der Waals surface area contributed by atoms with Crippen LogP contribution in [0.25, 0.3) is 0 Å². The number of methoxy groups -OCH3 is 1. The fraction of sp³-hybridized carbons (Fsp3) is 0.318. The zero-order valence-corrected chi connectivity index (χ0v) is 16.9. The highest BCUT2D eigenvalue weighted by molar-refractivity contribution is 6.05. The van der Waals surface area contributed by atoms with Crippen LogP contribution in [0.5, 0.6) is 5.75 Å². The van der Waals surface area contributed by atoms with Gasteiger partial charge in [0.25, 0.3) is 5.91 Å². The number of nitrogens with one attached hydrogen (secondary N) is 2. The molecular formula is C22H25N5O3. The van der Waals surface area contributed by atoms with Crippen LogP contribution in [-0.4, -0.2) is 62.0 Å². The van der Waals surface area contributed by atoms with Crippen molar-refractivity contribution in [3.8, 4) is 5.75 Å². The molecule has 2 aliphatic heterocycles. The average molecular weight is 407 g/mol. The van der Waals surface area contributed by atoms with Gasteiger partial charge in [0.05, 0.1) is 13.5 Å². The molecule has 30 heavy (non-hydrogen) atoms. The van der Waals surface area contributed by atoms with E-state index >= 15 is 0 Å². The third-order valence-corrected chi connectivity index (χ3v) is 5.28. The third kappa shape index (κ3) is 4.53. The van der Waals surface area contributed by atoms with Gasteiger partial charge in [-0.05, 0) is 36.4 Å². The number of rotatable bonds is 5. The Morgan fingerprint density at radius 1 is 1.07 bits per heavy atom. The summed E-state index contributed by atoms with van der Waals surface area (Å²) in [6.07, 6.45) is 0.0482. The first-order valence-corrected chi connectivity index (χ1v) is 10.0. The molecule has 2 aromatic rings. The standard InChI is InChI=1S/C22H25N5O3/c1-30-18-9-7-17(8-10-18)26-11-13-27(14-12-26)22-24-19(21(29)25-22)15-20(28)23-16-5-3-2-4-6-16/h2-10,19H,11-15H2,1H3,(H,23,28)(H,24,25,29). The van der Waals surface area contributed by atoms with E-state index in [1.165, 1.54) is 0 Å². The zero-order chi connectivity index (χ0) is 20.9. The molecule has 8 heteroatoms. The summed E-state index contributed by atoms with van der Waals surface area (Å²) < 4.78 is 5.21. The Balaban J connectivity index is 1.28. The number of carbonyl (C=O) groups is 2. The van der Waals surface area contributed by atoms with Gasteiger partial charge in [-0.2, -0.15) is 4.99 Å². The van der Waals surface area contributed by atoms with Crippen LogP contribution in [0.4, 0.5) is 11.4 Å². The average Bonchev–Trinajstić information content (AvgIpc) is 3.14. The summed E-state index contributed by atoms with van der Waals surface area (Å²) in [5.41, 5.74) is 1.85. The first-order chi connectivity index (χ1) is 14.6. The van der Waals surface area contributed by atoms with Crippen LogP contribution in [0.1, 0.15) is 6.42 Å². The van der Waals surface area contributed by atoms with Crippen molar-refractivity contribution in [2.24, 2.45) is 4.99 Å². The first kappa shape index (κ1) is 19.8. The van der Waals surface area contributed by atoms with Crippen molar-refractivity contribution < 1.29 is 14.3 Å². The van der Waals surface area contributed by atoms with E-state index in [0.29, 0.717) is 11.6 Å². The fourth-order valence-corrected chi connectivity index (χ4v) is 3.62. The van der Waals surface area contributed by atoms with E-state index in [0.717, 1.165) is 37.6 Å². The predicted octanol–water partition coefficient (Wildman–Crippen LogP) is 1.70. The highest BCUT2D eigenvalue weighted by atomic mass is 16.5. The van der Waals surface area contributed by atoms with Crippen LogP contribution < -0.4 is 20.3 Å². The van der Waals surface area contributed by atoms with Crippen molar-refractivity contribution in [2.75, 3.05) is 43.5 Å². The van der Waals surface area contributed by atoms with Crippen molar-refractivity contribution in [2.45, 2.75) is 12.5 Å². The number of para-hydroxylation sites is 1. The van der Waals surface area contributed by atoms with Gasteiger partial charge in [0.2, 0.25) is 11.9 Å². The van der Waals surface area contributed by atoms with Gasteiger partial charge in [0.1, 0.15) is 11.8 Å². The van der Waals surface area contributed by atoms with Crippen LogP contribution >= 0.6 is 0 Å². The number of aliphatic imine (C=N–C) groups is 1. The van der Waals surface area contributed by atoms with E-state index in [4.69, 9.17) is 4.74 Å². The van der Waals surface area contributed by atoms with Crippen LogP contribution in [0.2, 0.25) is 0 Å². The van der Waals surface area contributed by atoms with Gasteiger partial charge < -0.3 is 25.2 Å². The maximum absolute atomic E-state index is 12.3. The van der Waals surface area contributed by atoms with E-state index in [-0.39, 0.29) is 18.2 Å². The lowest BCUT2D eigenvalue weighted by atomic mass is 10.2. The number of anilines is 2. The number of hydrogen-bond acceptors (Lipinski definition) is 6. The molecule has 8 nitrogen and oxygen atoms in total. The van der Waals surface area contributed by atoms with Gasteiger partial charge in [-0.15, -0.1) is 0 Å². The molecule has 1 unspecified atom stereocenters. The van der Waals surface area contributed by atoms with Crippen molar-refractivity contribution in [3.05, 3.63) is 54.6 Å². The predicted molar refractivity (Wildman–Crippen MR) is 116 cm³/mol. The number of piperazine rings is 1. The Kier molecular flexibility index (Phi) is 5.83. The van der Waals surface area contributed by atoms with Gasteiger partial charge in [-0.3, -0.25) is 9.59 Å². The summed E-state index contributed by atoms with van der Waals surface area (Å²) >= 11 is 0. The number of guanidine groups is 1. The second-order valence-electron chi connectivity index (χ2n) is 7.26. The minimum atomic E-state index is -0.622. The number of amides is 2. The maximum Gasteiger partial charge on any atom is 0.271 e. The van der Waals surface area contributed by atoms with Gasteiger partial charge in [-0.1, -0.05) is 18.2 Å². The third-order valence-electron chi connectivity index (χ3n) is 5.28. The van der Waals surface area contributed by atoms with E-state index in [1.54, 1.807) is 7.11 Å². The molecule has 156 valence electrons. The molecule has 2 aromatic carbocycles. The lowest BCUT2D eigenvalue weighted by molar-refractivity contribution is -0.123. The molecule has 2 heterocycles. The summed E-state index contributed by atoms with van der Waals surface area (Å²) in [5, 5.41) is 5.93. The van der Waals surface area contributed by atoms with E-state index in [1.807, 2.05) is 54.6 Å². The smallest absolute Gasteiger partial charge is 0.271 e. The molecule has 0 saturated carbocycles. The Labute approximate surface area is 175 Å². The van der Waals surface area contributed by atoms with E-state index in [2.05, 4.69) is 25.4 Å².